The van der Waals surface area contributed by atoms with E-state index in [0.29, 0.717) is 17.0 Å². The predicted octanol–water partition coefficient (Wildman–Crippen LogP) is 1.73. The molecule has 0 amide bonds. The maximum atomic E-state index is 10.4. The molecule has 1 heterocycles. The van der Waals surface area contributed by atoms with Gasteiger partial charge < -0.3 is 0 Å². The van der Waals surface area contributed by atoms with Gasteiger partial charge in [0.2, 0.25) is 0 Å². The molecule has 1 aromatic heterocycles. The third-order valence-corrected chi connectivity index (χ3v) is 2.02. The zero-order chi connectivity index (χ0) is 9.97. The molecule has 0 saturated heterocycles. The summed E-state index contributed by atoms with van der Waals surface area (Å²) in [6, 6.07) is 7.15. The molecule has 0 bridgehead atoms. The number of para-hydroxylation sites is 1. The second-order valence-corrected chi connectivity index (χ2v) is 3.04. The summed E-state index contributed by atoms with van der Waals surface area (Å²) in [6.45, 7) is 0. The van der Waals surface area contributed by atoms with E-state index in [0.717, 1.165) is 0 Å². The van der Waals surface area contributed by atoms with Crippen LogP contribution >= 0.6 is 11.6 Å². The highest BCUT2D eigenvalue weighted by Crippen LogP contribution is 2.17. The Labute approximate surface area is 85.1 Å². The van der Waals surface area contributed by atoms with E-state index in [1.165, 1.54) is 11.0 Å². The highest BCUT2D eigenvalue weighted by atomic mass is 35.5. The van der Waals surface area contributed by atoms with E-state index in [1.807, 2.05) is 12.1 Å². The molecule has 0 fully saturated rings. The average Bonchev–Trinajstić information content (AvgIpc) is 2.67. The molecule has 0 unspecified atom stereocenters. The quantitative estimate of drug-likeness (QED) is 0.705. The van der Waals surface area contributed by atoms with Gasteiger partial charge in [-0.2, -0.15) is 5.10 Å². The number of hydrogen-bond acceptors (Lipinski definition) is 3. The molecule has 0 aliphatic heterocycles. The van der Waals surface area contributed by atoms with Gasteiger partial charge in [-0.05, 0) is 12.1 Å². The number of rotatable bonds is 2. The molecule has 14 heavy (non-hydrogen) atoms. The van der Waals surface area contributed by atoms with Crippen LogP contribution in [0.3, 0.4) is 0 Å². The Morgan fingerprint density at radius 1 is 1.36 bits per heavy atom. The third kappa shape index (κ3) is 1.52. The highest BCUT2D eigenvalue weighted by Gasteiger charge is 2.04. The number of nitrogens with zero attached hydrogens (tertiary/aromatic N) is 3. The summed E-state index contributed by atoms with van der Waals surface area (Å²) in [5.74, 6) is 0. The van der Waals surface area contributed by atoms with Crippen molar-refractivity contribution in [3.05, 3.63) is 41.2 Å². The SMILES string of the molecule is O=Cc1cnn(-c2ccccc2Cl)n1. The molecule has 0 aliphatic carbocycles. The number of halogens is 1. The fourth-order valence-corrected chi connectivity index (χ4v) is 1.27. The first-order chi connectivity index (χ1) is 6.81. The van der Waals surface area contributed by atoms with Crippen LogP contribution in [0.15, 0.2) is 30.5 Å². The van der Waals surface area contributed by atoms with Gasteiger partial charge in [0.15, 0.2) is 6.29 Å². The zero-order valence-corrected chi connectivity index (χ0v) is 7.85. The van der Waals surface area contributed by atoms with Gasteiger partial charge >= 0.3 is 0 Å². The number of aldehydes is 1. The molecular formula is C9H6ClN3O. The summed E-state index contributed by atoms with van der Waals surface area (Å²) >= 11 is 5.92. The lowest BCUT2D eigenvalue weighted by Gasteiger charge is -2.00. The maximum absolute atomic E-state index is 10.4. The number of benzene rings is 1. The van der Waals surface area contributed by atoms with Gasteiger partial charge in [0.1, 0.15) is 11.4 Å². The van der Waals surface area contributed by atoms with Crippen LogP contribution in [0.2, 0.25) is 5.02 Å². The Morgan fingerprint density at radius 3 is 2.79 bits per heavy atom. The lowest BCUT2D eigenvalue weighted by atomic mass is 10.3. The molecule has 0 N–H and O–H groups in total. The number of hydrogen-bond donors (Lipinski definition) is 0. The van der Waals surface area contributed by atoms with Crippen molar-refractivity contribution in [2.75, 3.05) is 0 Å². The number of carbonyl (C=O) groups excluding carboxylic acids is 1. The van der Waals surface area contributed by atoms with Gasteiger partial charge in [-0.3, -0.25) is 4.79 Å². The van der Waals surface area contributed by atoms with Crippen molar-refractivity contribution in [2.24, 2.45) is 0 Å². The first kappa shape index (κ1) is 8.90. The minimum Gasteiger partial charge on any atom is -0.296 e. The summed E-state index contributed by atoms with van der Waals surface area (Å²) in [7, 11) is 0. The Hall–Kier alpha value is -1.68. The van der Waals surface area contributed by atoms with Gasteiger partial charge in [0, 0.05) is 0 Å². The van der Waals surface area contributed by atoms with Crippen LogP contribution in [0.25, 0.3) is 5.69 Å². The molecular weight excluding hydrogens is 202 g/mol. The molecule has 5 heteroatoms. The first-order valence-corrected chi connectivity index (χ1v) is 4.31. The van der Waals surface area contributed by atoms with Gasteiger partial charge in [-0.15, -0.1) is 9.90 Å². The minimum atomic E-state index is 0.282. The topological polar surface area (TPSA) is 47.8 Å². The second kappa shape index (κ2) is 3.59. The molecule has 0 radical (unpaired) electrons. The lowest BCUT2D eigenvalue weighted by Crippen LogP contribution is -1.99. The lowest BCUT2D eigenvalue weighted by molar-refractivity contribution is 0.111. The standard InChI is InChI=1S/C9H6ClN3O/c10-8-3-1-2-4-9(8)13-11-5-7(6-14)12-13/h1-6H. The molecule has 0 saturated carbocycles. The molecule has 0 aliphatic rings. The van der Waals surface area contributed by atoms with E-state index in [2.05, 4.69) is 10.2 Å². The van der Waals surface area contributed by atoms with Crippen LogP contribution < -0.4 is 0 Å². The number of aromatic nitrogens is 3. The Kier molecular flexibility index (Phi) is 2.28. The van der Waals surface area contributed by atoms with Crippen molar-refractivity contribution in [1.29, 1.82) is 0 Å². The van der Waals surface area contributed by atoms with E-state index >= 15 is 0 Å². The Balaban J connectivity index is 2.49. The molecule has 0 spiro atoms. The van der Waals surface area contributed by atoms with Crippen molar-refractivity contribution >= 4 is 17.9 Å². The highest BCUT2D eigenvalue weighted by molar-refractivity contribution is 6.32. The van der Waals surface area contributed by atoms with Crippen molar-refractivity contribution < 1.29 is 4.79 Å². The molecule has 1 aromatic carbocycles. The summed E-state index contributed by atoms with van der Waals surface area (Å²) in [6.07, 6.45) is 2.02. The van der Waals surface area contributed by atoms with E-state index < -0.39 is 0 Å². The molecule has 70 valence electrons. The molecule has 2 aromatic rings. The van der Waals surface area contributed by atoms with Gasteiger partial charge in [0.05, 0.1) is 11.2 Å². The van der Waals surface area contributed by atoms with Crippen LogP contribution in [0.4, 0.5) is 0 Å². The van der Waals surface area contributed by atoms with E-state index in [-0.39, 0.29) is 5.69 Å². The number of carbonyl (C=O) groups is 1. The first-order valence-electron chi connectivity index (χ1n) is 3.93. The summed E-state index contributed by atoms with van der Waals surface area (Å²) < 4.78 is 0. The van der Waals surface area contributed by atoms with Crippen LogP contribution in [0, 0.1) is 0 Å². The van der Waals surface area contributed by atoms with E-state index in [4.69, 9.17) is 11.6 Å². The Morgan fingerprint density at radius 2 is 2.14 bits per heavy atom. The summed E-state index contributed by atoms with van der Waals surface area (Å²) in [4.78, 5) is 11.7. The van der Waals surface area contributed by atoms with E-state index in [9.17, 15) is 4.79 Å². The summed E-state index contributed by atoms with van der Waals surface area (Å²) in [5, 5.41) is 8.36. The third-order valence-electron chi connectivity index (χ3n) is 1.70. The normalized spacial score (nSPS) is 10.1. The van der Waals surface area contributed by atoms with Crippen LogP contribution in [-0.4, -0.2) is 21.3 Å². The van der Waals surface area contributed by atoms with Crippen molar-refractivity contribution in [1.82, 2.24) is 15.0 Å². The van der Waals surface area contributed by atoms with Crippen LogP contribution in [0.1, 0.15) is 10.5 Å². The van der Waals surface area contributed by atoms with Crippen molar-refractivity contribution in [3.63, 3.8) is 0 Å². The second-order valence-electron chi connectivity index (χ2n) is 2.63. The molecule has 4 nitrogen and oxygen atoms in total. The van der Waals surface area contributed by atoms with Gasteiger partial charge in [-0.1, -0.05) is 23.7 Å². The van der Waals surface area contributed by atoms with Gasteiger partial charge in [-0.25, -0.2) is 0 Å². The monoisotopic (exact) mass is 207 g/mol. The fraction of sp³-hybridized carbons (Fsp3) is 0. The maximum Gasteiger partial charge on any atom is 0.171 e. The van der Waals surface area contributed by atoms with Crippen LogP contribution in [0.5, 0.6) is 0 Å². The Bertz CT molecular complexity index is 467. The summed E-state index contributed by atoms with van der Waals surface area (Å²) in [5.41, 5.74) is 0.937. The predicted molar refractivity (Wildman–Crippen MR) is 51.8 cm³/mol. The molecule has 2 rings (SSSR count). The largest absolute Gasteiger partial charge is 0.296 e. The zero-order valence-electron chi connectivity index (χ0n) is 7.09. The smallest absolute Gasteiger partial charge is 0.171 e. The van der Waals surface area contributed by atoms with Crippen molar-refractivity contribution in [3.8, 4) is 5.69 Å². The fourth-order valence-electron chi connectivity index (χ4n) is 1.06. The average molecular weight is 208 g/mol. The van der Waals surface area contributed by atoms with Crippen LogP contribution in [-0.2, 0) is 0 Å². The van der Waals surface area contributed by atoms with Gasteiger partial charge in [0.25, 0.3) is 0 Å². The van der Waals surface area contributed by atoms with Crippen molar-refractivity contribution in [2.45, 2.75) is 0 Å². The van der Waals surface area contributed by atoms with E-state index in [1.54, 1.807) is 12.1 Å². The minimum absolute atomic E-state index is 0.282. The molecule has 0 atom stereocenters.